The van der Waals surface area contributed by atoms with Crippen LogP contribution >= 0.6 is 15.9 Å². The lowest BCUT2D eigenvalue weighted by Crippen LogP contribution is -2.09. The molecule has 0 aliphatic carbocycles. The van der Waals surface area contributed by atoms with Crippen LogP contribution in [0.4, 0.5) is 0 Å². The van der Waals surface area contributed by atoms with Gasteiger partial charge in [-0.1, -0.05) is 28.9 Å². The first-order chi connectivity index (χ1) is 8.67. The highest BCUT2D eigenvalue weighted by Gasteiger charge is 2.14. The van der Waals surface area contributed by atoms with Gasteiger partial charge in [0.25, 0.3) is 0 Å². The zero-order valence-electron chi connectivity index (χ0n) is 10.7. The number of nitrogens with zero attached hydrogens (tertiary/aromatic N) is 3. The molecule has 2 rings (SSSR count). The Hall–Kier alpha value is -1.20. The minimum Gasteiger partial charge on any atom is -0.324 e. The van der Waals surface area contributed by atoms with E-state index in [1.807, 2.05) is 0 Å². The predicted octanol–water partition coefficient (Wildman–Crippen LogP) is 2.88. The Morgan fingerprint density at radius 2 is 2.11 bits per heavy atom. The molecule has 0 aliphatic heterocycles. The van der Waals surface area contributed by atoms with Gasteiger partial charge in [0.05, 0.1) is 6.54 Å². The maximum Gasteiger partial charge on any atom is 0.165 e. The largest absolute Gasteiger partial charge is 0.324 e. The van der Waals surface area contributed by atoms with Gasteiger partial charge in [-0.3, -0.25) is 0 Å². The van der Waals surface area contributed by atoms with Gasteiger partial charge in [0.2, 0.25) is 0 Å². The first-order valence-corrected chi connectivity index (χ1v) is 6.85. The van der Waals surface area contributed by atoms with E-state index in [4.69, 9.17) is 5.73 Å². The number of hydrogen-bond acceptors (Lipinski definition) is 3. The molecule has 0 fully saturated rings. The number of halogens is 1. The van der Waals surface area contributed by atoms with Gasteiger partial charge in [-0.2, -0.15) is 0 Å². The summed E-state index contributed by atoms with van der Waals surface area (Å²) in [5, 5.41) is 8.43. The molecule has 0 amide bonds. The van der Waals surface area contributed by atoms with Crippen molar-refractivity contribution in [2.45, 2.75) is 33.4 Å². The highest BCUT2D eigenvalue weighted by atomic mass is 79.9. The number of hydrogen-bond donors (Lipinski definition) is 1. The molecule has 0 saturated carbocycles. The number of rotatable bonds is 4. The van der Waals surface area contributed by atoms with Crippen LogP contribution in [0.25, 0.3) is 11.4 Å². The van der Waals surface area contributed by atoms with Crippen LogP contribution < -0.4 is 5.73 Å². The Kier molecular flexibility index (Phi) is 4.14. The Labute approximate surface area is 115 Å². The number of aromatic nitrogens is 3. The lowest BCUT2D eigenvalue weighted by Gasteiger charge is -2.09. The first-order valence-electron chi connectivity index (χ1n) is 6.06. The van der Waals surface area contributed by atoms with Gasteiger partial charge >= 0.3 is 0 Å². The molecule has 18 heavy (non-hydrogen) atoms. The molecule has 0 unspecified atom stereocenters. The summed E-state index contributed by atoms with van der Waals surface area (Å²) in [6.07, 6.45) is 1.03. The highest BCUT2D eigenvalue weighted by Crippen LogP contribution is 2.28. The SMILES string of the molecule is CCCn1c(CN)nnc1-c1ccc(C)cc1Br. The van der Waals surface area contributed by atoms with Gasteiger partial charge in [0.1, 0.15) is 5.82 Å². The summed E-state index contributed by atoms with van der Waals surface area (Å²) < 4.78 is 3.13. The second kappa shape index (κ2) is 5.63. The van der Waals surface area contributed by atoms with Gasteiger partial charge < -0.3 is 10.3 Å². The minimum absolute atomic E-state index is 0.413. The zero-order chi connectivity index (χ0) is 13.1. The topological polar surface area (TPSA) is 56.7 Å². The van der Waals surface area contributed by atoms with Gasteiger partial charge in [-0.05, 0) is 31.0 Å². The van der Waals surface area contributed by atoms with Crippen molar-refractivity contribution >= 4 is 15.9 Å². The van der Waals surface area contributed by atoms with Crippen molar-refractivity contribution in [2.75, 3.05) is 0 Å². The van der Waals surface area contributed by atoms with Crippen molar-refractivity contribution in [1.29, 1.82) is 0 Å². The monoisotopic (exact) mass is 308 g/mol. The molecule has 0 spiro atoms. The highest BCUT2D eigenvalue weighted by molar-refractivity contribution is 9.10. The molecule has 0 saturated heterocycles. The van der Waals surface area contributed by atoms with Crippen LogP contribution in [0, 0.1) is 6.92 Å². The average molecular weight is 309 g/mol. The van der Waals surface area contributed by atoms with Crippen molar-refractivity contribution in [2.24, 2.45) is 5.73 Å². The van der Waals surface area contributed by atoms with Crippen molar-refractivity contribution in [3.8, 4) is 11.4 Å². The van der Waals surface area contributed by atoms with Crippen molar-refractivity contribution < 1.29 is 0 Å². The van der Waals surface area contributed by atoms with E-state index in [0.717, 1.165) is 34.7 Å². The Balaban J connectivity index is 2.52. The van der Waals surface area contributed by atoms with E-state index in [-0.39, 0.29) is 0 Å². The number of aryl methyl sites for hydroxylation is 1. The summed E-state index contributed by atoms with van der Waals surface area (Å²) in [6, 6.07) is 6.23. The first kappa shape index (κ1) is 13.2. The predicted molar refractivity (Wildman–Crippen MR) is 76.1 cm³/mol. The van der Waals surface area contributed by atoms with E-state index in [9.17, 15) is 0 Å². The fourth-order valence-electron chi connectivity index (χ4n) is 1.95. The van der Waals surface area contributed by atoms with Gasteiger partial charge in [-0.15, -0.1) is 10.2 Å². The van der Waals surface area contributed by atoms with E-state index < -0.39 is 0 Å². The standard InChI is InChI=1S/C13H17BrN4/c1-3-6-18-12(8-15)16-17-13(18)10-5-4-9(2)7-11(10)14/h4-5,7H,3,6,8,15H2,1-2H3. The third-order valence-electron chi connectivity index (χ3n) is 2.82. The maximum atomic E-state index is 5.70. The molecule has 4 nitrogen and oxygen atoms in total. The van der Waals surface area contributed by atoms with Gasteiger partial charge in [0.15, 0.2) is 5.82 Å². The fraction of sp³-hybridized carbons (Fsp3) is 0.385. The summed E-state index contributed by atoms with van der Waals surface area (Å²) in [4.78, 5) is 0. The molecule has 2 N–H and O–H groups in total. The molecule has 1 aromatic carbocycles. The molecule has 0 atom stereocenters. The molecular formula is C13H17BrN4. The molecule has 0 bridgehead atoms. The number of nitrogens with two attached hydrogens (primary N) is 1. The lowest BCUT2D eigenvalue weighted by molar-refractivity contribution is 0.644. The van der Waals surface area contributed by atoms with Crippen molar-refractivity contribution in [3.05, 3.63) is 34.1 Å². The molecule has 1 aromatic heterocycles. The molecular weight excluding hydrogens is 292 g/mol. The molecule has 0 radical (unpaired) electrons. The Bertz CT molecular complexity index is 548. The fourth-order valence-corrected chi connectivity index (χ4v) is 2.62. The smallest absolute Gasteiger partial charge is 0.165 e. The van der Waals surface area contributed by atoms with Crippen LogP contribution in [0.2, 0.25) is 0 Å². The average Bonchev–Trinajstić information content (AvgIpc) is 2.73. The van der Waals surface area contributed by atoms with Crippen molar-refractivity contribution in [1.82, 2.24) is 14.8 Å². The second-order valence-corrected chi connectivity index (χ2v) is 5.13. The van der Waals surface area contributed by atoms with Gasteiger partial charge in [0, 0.05) is 16.6 Å². The van der Waals surface area contributed by atoms with Crippen LogP contribution in [0.1, 0.15) is 24.7 Å². The summed E-state index contributed by atoms with van der Waals surface area (Å²) in [5.41, 5.74) is 7.97. The Morgan fingerprint density at radius 3 is 2.72 bits per heavy atom. The summed E-state index contributed by atoms with van der Waals surface area (Å²) in [5.74, 6) is 1.71. The third-order valence-corrected chi connectivity index (χ3v) is 3.48. The summed E-state index contributed by atoms with van der Waals surface area (Å²) >= 11 is 3.59. The van der Waals surface area contributed by atoms with Gasteiger partial charge in [-0.25, -0.2) is 0 Å². The quantitative estimate of drug-likeness (QED) is 0.945. The van der Waals surface area contributed by atoms with Crippen LogP contribution in [-0.4, -0.2) is 14.8 Å². The third kappa shape index (κ3) is 2.47. The van der Waals surface area contributed by atoms with E-state index in [0.29, 0.717) is 6.54 Å². The van der Waals surface area contributed by atoms with Crippen LogP contribution in [0.5, 0.6) is 0 Å². The molecule has 96 valence electrons. The summed E-state index contributed by atoms with van der Waals surface area (Å²) in [7, 11) is 0. The second-order valence-electron chi connectivity index (χ2n) is 4.28. The van der Waals surface area contributed by atoms with E-state index in [1.165, 1.54) is 5.56 Å². The normalized spacial score (nSPS) is 10.9. The zero-order valence-corrected chi connectivity index (χ0v) is 12.2. The van der Waals surface area contributed by atoms with E-state index >= 15 is 0 Å². The number of benzene rings is 1. The molecule has 1 heterocycles. The lowest BCUT2D eigenvalue weighted by atomic mass is 10.1. The molecule has 5 heteroatoms. The van der Waals surface area contributed by atoms with Crippen molar-refractivity contribution in [3.63, 3.8) is 0 Å². The molecule has 0 aliphatic rings. The van der Waals surface area contributed by atoms with E-state index in [2.05, 4.69) is 62.7 Å². The van der Waals surface area contributed by atoms with E-state index in [1.54, 1.807) is 0 Å². The van der Waals surface area contributed by atoms with Crippen LogP contribution in [0.15, 0.2) is 22.7 Å². The Morgan fingerprint density at radius 1 is 1.33 bits per heavy atom. The minimum atomic E-state index is 0.413. The van der Waals surface area contributed by atoms with Crippen LogP contribution in [0.3, 0.4) is 0 Å². The summed E-state index contributed by atoms with van der Waals surface area (Å²) in [6.45, 7) is 5.50. The molecule has 2 aromatic rings. The maximum absolute atomic E-state index is 5.70. The van der Waals surface area contributed by atoms with Crippen LogP contribution in [-0.2, 0) is 13.1 Å².